The first-order valence-corrected chi connectivity index (χ1v) is 2.91. The molecule has 0 unspecified atom stereocenters. The monoisotopic (exact) mass is 172 g/mol. The van der Waals surface area contributed by atoms with Crippen molar-refractivity contribution in [2.24, 2.45) is 0 Å². The summed E-state index contributed by atoms with van der Waals surface area (Å²) in [6.45, 7) is 0. The van der Waals surface area contributed by atoms with Gasteiger partial charge in [0.25, 0.3) is 0 Å². The molecule has 0 saturated heterocycles. The second kappa shape index (κ2) is 2.74. The molecule has 1 aromatic carbocycles. The molecule has 0 aliphatic carbocycles. The summed E-state index contributed by atoms with van der Waals surface area (Å²) in [5, 5.41) is 8.22. The van der Waals surface area contributed by atoms with Crippen molar-refractivity contribution in [3.8, 4) is 6.07 Å². The Morgan fingerprint density at radius 3 is 2.25 bits per heavy atom. The molecule has 5 heteroatoms. The van der Waals surface area contributed by atoms with Gasteiger partial charge in [0.2, 0.25) is 0 Å². The highest BCUT2D eigenvalue weighted by molar-refractivity contribution is 5.48. The van der Waals surface area contributed by atoms with E-state index in [-0.39, 0.29) is 0 Å². The Morgan fingerprint density at radius 2 is 1.75 bits per heavy atom. The number of hydrogen-bond donors (Lipinski definition) is 1. The van der Waals surface area contributed by atoms with Crippen molar-refractivity contribution in [1.29, 1.82) is 5.26 Å². The normalized spacial score (nSPS) is 9.50. The lowest BCUT2D eigenvalue weighted by Crippen LogP contribution is -2.00. The molecular formula is C7H3F3N2. The molecule has 12 heavy (non-hydrogen) atoms. The molecule has 0 atom stereocenters. The zero-order valence-electron chi connectivity index (χ0n) is 5.74. The minimum absolute atomic E-state index is 0.578. The molecule has 1 aromatic rings. The van der Waals surface area contributed by atoms with Crippen molar-refractivity contribution in [2.75, 3.05) is 5.73 Å². The second-order valence-corrected chi connectivity index (χ2v) is 2.07. The standard InChI is InChI=1S/C7H3F3N2/c8-5-3(2-11)1-4(12)6(9)7(5)10/h1H,12H2. The van der Waals surface area contributed by atoms with Crippen LogP contribution >= 0.6 is 0 Å². The average molecular weight is 172 g/mol. The van der Waals surface area contributed by atoms with E-state index in [9.17, 15) is 13.2 Å². The smallest absolute Gasteiger partial charge is 0.197 e. The molecule has 0 heterocycles. The molecule has 0 bridgehead atoms. The molecule has 0 spiro atoms. The van der Waals surface area contributed by atoms with Crippen LogP contribution in [0.4, 0.5) is 18.9 Å². The van der Waals surface area contributed by atoms with Crippen LogP contribution < -0.4 is 5.73 Å². The van der Waals surface area contributed by atoms with E-state index in [1.165, 1.54) is 6.07 Å². The molecule has 0 radical (unpaired) electrons. The lowest BCUT2D eigenvalue weighted by atomic mass is 10.2. The molecular weight excluding hydrogens is 169 g/mol. The van der Waals surface area contributed by atoms with Gasteiger partial charge in [-0.3, -0.25) is 0 Å². The Kier molecular flexibility index (Phi) is 1.92. The van der Waals surface area contributed by atoms with E-state index in [1.54, 1.807) is 0 Å². The topological polar surface area (TPSA) is 49.8 Å². The van der Waals surface area contributed by atoms with E-state index in [0.29, 0.717) is 0 Å². The number of nitrogen functional groups attached to an aromatic ring is 1. The number of nitrogens with two attached hydrogens (primary N) is 1. The van der Waals surface area contributed by atoms with Gasteiger partial charge in [0.15, 0.2) is 17.5 Å². The van der Waals surface area contributed by atoms with E-state index < -0.39 is 28.7 Å². The second-order valence-electron chi connectivity index (χ2n) is 2.07. The van der Waals surface area contributed by atoms with Gasteiger partial charge in [0.05, 0.1) is 11.3 Å². The van der Waals surface area contributed by atoms with Crippen molar-refractivity contribution in [1.82, 2.24) is 0 Å². The van der Waals surface area contributed by atoms with Crippen LogP contribution in [0.1, 0.15) is 5.56 Å². The molecule has 2 nitrogen and oxygen atoms in total. The van der Waals surface area contributed by atoms with Crippen molar-refractivity contribution in [3.63, 3.8) is 0 Å². The summed E-state index contributed by atoms with van der Waals surface area (Å²) in [4.78, 5) is 0. The zero-order chi connectivity index (χ0) is 9.30. The summed E-state index contributed by atoms with van der Waals surface area (Å²) in [6, 6.07) is 2.09. The first-order chi connectivity index (χ1) is 5.57. The number of rotatable bonds is 0. The highest BCUT2D eigenvalue weighted by atomic mass is 19.2. The largest absolute Gasteiger partial charge is 0.396 e. The van der Waals surface area contributed by atoms with Crippen LogP contribution in [-0.2, 0) is 0 Å². The number of halogens is 3. The molecule has 1 rings (SSSR count). The number of nitriles is 1. The summed E-state index contributed by atoms with van der Waals surface area (Å²) in [7, 11) is 0. The summed E-state index contributed by atoms with van der Waals surface area (Å²) in [5.74, 6) is -4.69. The molecule has 0 amide bonds. The predicted octanol–water partition coefficient (Wildman–Crippen LogP) is 1.56. The fourth-order valence-corrected chi connectivity index (χ4v) is 0.705. The van der Waals surface area contributed by atoms with Gasteiger partial charge in [-0.05, 0) is 6.07 Å². The van der Waals surface area contributed by atoms with Crippen LogP contribution in [0.2, 0.25) is 0 Å². The Hall–Kier alpha value is -1.70. The minimum Gasteiger partial charge on any atom is -0.396 e. The highest BCUT2D eigenvalue weighted by Crippen LogP contribution is 2.20. The van der Waals surface area contributed by atoms with Crippen LogP contribution in [0.15, 0.2) is 6.07 Å². The lowest BCUT2D eigenvalue weighted by Gasteiger charge is -1.99. The first-order valence-electron chi connectivity index (χ1n) is 2.91. The summed E-state index contributed by atoms with van der Waals surface area (Å²) in [5.41, 5.74) is 3.75. The van der Waals surface area contributed by atoms with Crippen molar-refractivity contribution >= 4 is 5.69 Å². The van der Waals surface area contributed by atoms with E-state index in [1.807, 2.05) is 0 Å². The number of benzene rings is 1. The van der Waals surface area contributed by atoms with E-state index in [4.69, 9.17) is 11.0 Å². The Morgan fingerprint density at radius 1 is 1.17 bits per heavy atom. The van der Waals surface area contributed by atoms with Gasteiger partial charge < -0.3 is 5.73 Å². The summed E-state index contributed by atoms with van der Waals surface area (Å²) >= 11 is 0. The molecule has 0 aliphatic heterocycles. The number of anilines is 1. The third kappa shape index (κ3) is 1.07. The van der Waals surface area contributed by atoms with Crippen LogP contribution in [0.25, 0.3) is 0 Å². The maximum atomic E-state index is 12.5. The van der Waals surface area contributed by atoms with Gasteiger partial charge in [-0.15, -0.1) is 0 Å². The Bertz CT molecular complexity index is 368. The quantitative estimate of drug-likeness (QED) is 0.476. The fourth-order valence-electron chi connectivity index (χ4n) is 0.705. The highest BCUT2D eigenvalue weighted by Gasteiger charge is 2.16. The van der Waals surface area contributed by atoms with Gasteiger partial charge in [-0.1, -0.05) is 0 Å². The van der Waals surface area contributed by atoms with Crippen LogP contribution in [0, 0.1) is 28.8 Å². The van der Waals surface area contributed by atoms with Crippen LogP contribution in [0.3, 0.4) is 0 Å². The number of hydrogen-bond acceptors (Lipinski definition) is 2. The molecule has 0 aromatic heterocycles. The van der Waals surface area contributed by atoms with Crippen molar-refractivity contribution in [3.05, 3.63) is 29.1 Å². The van der Waals surface area contributed by atoms with E-state index in [2.05, 4.69) is 0 Å². The van der Waals surface area contributed by atoms with Gasteiger partial charge >= 0.3 is 0 Å². The third-order valence-corrected chi connectivity index (χ3v) is 1.30. The SMILES string of the molecule is N#Cc1cc(N)c(F)c(F)c1F. The zero-order valence-corrected chi connectivity index (χ0v) is 5.74. The van der Waals surface area contributed by atoms with E-state index >= 15 is 0 Å². The molecule has 0 fully saturated rings. The molecule has 62 valence electrons. The average Bonchev–Trinajstić information content (AvgIpc) is 2.08. The lowest BCUT2D eigenvalue weighted by molar-refractivity contribution is 0.448. The van der Waals surface area contributed by atoms with Crippen molar-refractivity contribution < 1.29 is 13.2 Å². The number of nitrogens with zero attached hydrogens (tertiary/aromatic N) is 1. The van der Waals surface area contributed by atoms with E-state index in [0.717, 1.165) is 6.07 Å². The predicted molar refractivity (Wildman–Crippen MR) is 35.4 cm³/mol. The van der Waals surface area contributed by atoms with Gasteiger partial charge in [0, 0.05) is 0 Å². The van der Waals surface area contributed by atoms with Crippen molar-refractivity contribution in [2.45, 2.75) is 0 Å². The van der Waals surface area contributed by atoms with Crippen LogP contribution in [0.5, 0.6) is 0 Å². The Balaban J connectivity index is 3.52. The van der Waals surface area contributed by atoms with Crippen LogP contribution in [-0.4, -0.2) is 0 Å². The maximum absolute atomic E-state index is 12.5. The molecule has 0 aliphatic rings. The summed E-state index contributed by atoms with van der Waals surface area (Å²) in [6.07, 6.45) is 0. The fraction of sp³-hybridized carbons (Fsp3) is 0. The first kappa shape index (κ1) is 8.40. The molecule has 0 saturated carbocycles. The molecule has 2 N–H and O–H groups in total. The van der Waals surface area contributed by atoms with Gasteiger partial charge in [-0.25, -0.2) is 13.2 Å². The Labute approximate surface area is 66.0 Å². The summed E-state index contributed by atoms with van der Waals surface area (Å²) < 4.78 is 37.5. The minimum atomic E-state index is -1.72. The van der Waals surface area contributed by atoms with Gasteiger partial charge in [0.1, 0.15) is 6.07 Å². The third-order valence-electron chi connectivity index (χ3n) is 1.30. The van der Waals surface area contributed by atoms with Gasteiger partial charge in [-0.2, -0.15) is 5.26 Å². The maximum Gasteiger partial charge on any atom is 0.197 e.